The van der Waals surface area contributed by atoms with E-state index in [9.17, 15) is 16.8 Å². The molecule has 0 aromatic heterocycles. The Balaban J connectivity index is 4.95. The lowest BCUT2D eigenvalue weighted by atomic mass is 10.4. The summed E-state index contributed by atoms with van der Waals surface area (Å²) in [6, 6.07) is 0. The molecule has 0 aromatic carbocycles. The second-order valence-electron chi connectivity index (χ2n) is 4.36. The van der Waals surface area contributed by atoms with Gasteiger partial charge in [-0.15, -0.1) is 0 Å². The lowest BCUT2D eigenvalue weighted by molar-refractivity contribution is -0.869. The lowest BCUT2D eigenvalue weighted by Crippen LogP contribution is -2.46. The molecule has 0 saturated carbocycles. The van der Waals surface area contributed by atoms with Crippen LogP contribution in [0.3, 0.4) is 0 Å². The minimum Gasteiger partial charge on any atom is -0.330 e. The minimum atomic E-state index is -4.49. The second kappa shape index (κ2) is 4.34. The highest BCUT2D eigenvalue weighted by atomic mass is 32.2. The first-order valence-corrected chi connectivity index (χ1v) is 7.14. The number of nitrogens with zero attached hydrogens (tertiary/aromatic N) is 1. The number of hydrogen-bond donors (Lipinski definition) is 2. The van der Waals surface area contributed by atoms with E-state index in [2.05, 4.69) is 0 Å². The fourth-order valence-corrected chi connectivity index (χ4v) is 3.49. The molecule has 0 aliphatic heterocycles. The van der Waals surface area contributed by atoms with Gasteiger partial charge in [-0.05, 0) is 0 Å². The van der Waals surface area contributed by atoms with Gasteiger partial charge in [-0.2, -0.15) is 16.8 Å². The van der Waals surface area contributed by atoms with Gasteiger partial charge < -0.3 is 4.48 Å². The normalized spacial score (nSPS) is 16.3. The molecule has 92 valence electrons. The van der Waals surface area contributed by atoms with Crippen LogP contribution in [-0.4, -0.2) is 69.1 Å². The number of quaternary nitrogens is 1. The zero-order chi connectivity index (χ0) is 12.5. The molecular weight excluding hydrogens is 246 g/mol. The van der Waals surface area contributed by atoms with Crippen LogP contribution in [0.15, 0.2) is 0 Å². The highest BCUT2D eigenvalue weighted by molar-refractivity contribution is 7.90. The SMILES string of the molecule is C[N+](C)(C)CC(CS(=O)(=O)O)S(=O)(=O)O. The summed E-state index contributed by atoms with van der Waals surface area (Å²) in [5.41, 5.74) is 0. The van der Waals surface area contributed by atoms with Crippen LogP contribution in [0.4, 0.5) is 0 Å². The molecule has 0 rings (SSSR count). The molecule has 0 bridgehead atoms. The van der Waals surface area contributed by atoms with Crippen molar-refractivity contribution in [2.75, 3.05) is 33.4 Å². The Kier molecular flexibility index (Phi) is 4.27. The Hall–Kier alpha value is -0.220. The minimum absolute atomic E-state index is 0.112. The molecule has 0 spiro atoms. The molecule has 0 aromatic rings. The van der Waals surface area contributed by atoms with E-state index in [1.54, 1.807) is 21.1 Å². The maximum atomic E-state index is 10.9. The van der Waals surface area contributed by atoms with Gasteiger partial charge >= 0.3 is 0 Å². The summed E-state index contributed by atoms with van der Waals surface area (Å²) >= 11 is 0. The van der Waals surface area contributed by atoms with Crippen molar-refractivity contribution in [3.8, 4) is 0 Å². The largest absolute Gasteiger partial charge is 0.330 e. The third-order valence-corrected chi connectivity index (χ3v) is 3.76. The van der Waals surface area contributed by atoms with Gasteiger partial charge in [0, 0.05) is 0 Å². The van der Waals surface area contributed by atoms with Crippen molar-refractivity contribution in [3.05, 3.63) is 0 Å². The predicted octanol–water partition coefficient (Wildman–Crippen LogP) is -1.16. The van der Waals surface area contributed by atoms with E-state index < -0.39 is 31.2 Å². The molecule has 0 fully saturated rings. The van der Waals surface area contributed by atoms with Crippen molar-refractivity contribution in [2.24, 2.45) is 0 Å². The quantitative estimate of drug-likeness (QED) is 0.477. The van der Waals surface area contributed by atoms with E-state index in [0.29, 0.717) is 0 Å². The van der Waals surface area contributed by atoms with Gasteiger partial charge in [-0.3, -0.25) is 9.11 Å². The third-order valence-electron chi connectivity index (χ3n) is 1.57. The molecule has 0 heterocycles. The fourth-order valence-electron chi connectivity index (χ4n) is 1.08. The van der Waals surface area contributed by atoms with E-state index in [4.69, 9.17) is 9.11 Å². The van der Waals surface area contributed by atoms with E-state index in [1.807, 2.05) is 0 Å². The van der Waals surface area contributed by atoms with Crippen molar-refractivity contribution in [2.45, 2.75) is 5.25 Å². The summed E-state index contributed by atoms with van der Waals surface area (Å²) in [4.78, 5) is 0. The van der Waals surface area contributed by atoms with Crippen LogP contribution in [-0.2, 0) is 20.2 Å². The molecule has 7 nitrogen and oxygen atoms in total. The Morgan fingerprint density at radius 3 is 1.67 bits per heavy atom. The topological polar surface area (TPSA) is 109 Å². The van der Waals surface area contributed by atoms with E-state index in [0.717, 1.165) is 0 Å². The molecule has 2 N–H and O–H groups in total. The highest BCUT2D eigenvalue weighted by Crippen LogP contribution is 2.07. The molecule has 15 heavy (non-hydrogen) atoms. The summed E-state index contributed by atoms with van der Waals surface area (Å²) in [5.74, 6) is -0.999. The van der Waals surface area contributed by atoms with Crippen molar-refractivity contribution in [1.29, 1.82) is 0 Å². The first kappa shape index (κ1) is 14.8. The second-order valence-corrected chi connectivity index (χ2v) is 7.55. The van der Waals surface area contributed by atoms with Crippen LogP contribution < -0.4 is 0 Å². The fraction of sp³-hybridized carbons (Fsp3) is 1.00. The van der Waals surface area contributed by atoms with Crippen LogP contribution in [0.25, 0.3) is 0 Å². The van der Waals surface area contributed by atoms with Crippen molar-refractivity contribution < 1.29 is 30.4 Å². The molecule has 0 aliphatic rings. The summed E-state index contributed by atoms with van der Waals surface area (Å²) < 4.78 is 60.3. The van der Waals surface area contributed by atoms with Crippen LogP contribution in [0.2, 0.25) is 0 Å². The zero-order valence-corrected chi connectivity index (χ0v) is 10.4. The number of hydrogen-bond acceptors (Lipinski definition) is 4. The van der Waals surface area contributed by atoms with Gasteiger partial charge in [0.2, 0.25) is 0 Å². The molecule has 1 atom stereocenters. The van der Waals surface area contributed by atoms with Gasteiger partial charge in [-0.25, -0.2) is 0 Å². The summed E-state index contributed by atoms with van der Waals surface area (Å²) in [5, 5.41) is -1.52. The third kappa shape index (κ3) is 7.68. The Labute approximate surface area is 89.8 Å². The summed E-state index contributed by atoms with van der Waals surface area (Å²) in [7, 11) is -3.99. The predicted molar refractivity (Wildman–Crippen MR) is 54.7 cm³/mol. The molecule has 1 unspecified atom stereocenters. The lowest BCUT2D eigenvalue weighted by Gasteiger charge is -2.27. The first-order chi connectivity index (χ1) is 6.31. The van der Waals surface area contributed by atoms with E-state index in [1.165, 1.54) is 0 Å². The average Bonchev–Trinajstić information content (AvgIpc) is 1.75. The van der Waals surface area contributed by atoms with Gasteiger partial charge in [0.15, 0.2) is 5.25 Å². The zero-order valence-electron chi connectivity index (χ0n) is 8.78. The van der Waals surface area contributed by atoms with Gasteiger partial charge in [0.05, 0.1) is 27.7 Å². The van der Waals surface area contributed by atoms with Gasteiger partial charge in [0.25, 0.3) is 20.2 Å². The standard InChI is InChI=1S/C6H15NO6S2/c1-7(2,3)4-6(15(11,12)13)5-14(8,9)10/h6H,4-5H2,1-3H3,(H-,8,9,10,11,12,13)/p+1. The van der Waals surface area contributed by atoms with Crippen LogP contribution >= 0.6 is 0 Å². The van der Waals surface area contributed by atoms with Crippen molar-refractivity contribution in [3.63, 3.8) is 0 Å². The first-order valence-electron chi connectivity index (χ1n) is 4.03. The molecule has 0 amide bonds. The van der Waals surface area contributed by atoms with Gasteiger partial charge in [-0.1, -0.05) is 0 Å². The van der Waals surface area contributed by atoms with Crippen molar-refractivity contribution >= 4 is 20.2 Å². The number of rotatable bonds is 5. The maximum absolute atomic E-state index is 10.9. The average molecular weight is 262 g/mol. The smallest absolute Gasteiger partial charge is 0.274 e. The Morgan fingerprint density at radius 1 is 1.07 bits per heavy atom. The summed E-state index contributed by atoms with van der Waals surface area (Å²) in [6.45, 7) is -0.112. The Bertz CT molecular complexity index is 403. The van der Waals surface area contributed by atoms with Gasteiger partial charge in [0.1, 0.15) is 5.75 Å². The monoisotopic (exact) mass is 262 g/mol. The van der Waals surface area contributed by atoms with Crippen LogP contribution in [0, 0.1) is 0 Å². The highest BCUT2D eigenvalue weighted by Gasteiger charge is 2.33. The summed E-state index contributed by atoms with van der Waals surface area (Å²) in [6.07, 6.45) is 0. The molecule has 0 aliphatic carbocycles. The maximum Gasteiger partial charge on any atom is 0.274 e. The van der Waals surface area contributed by atoms with E-state index >= 15 is 0 Å². The Morgan fingerprint density at radius 2 is 1.47 bits per heavy atom. The molecule has 0 saturated heterocycles. The van der Waals surface area contributed by atoms with Crippen LogP contribution in [0.5, 0.6) is 0 Å². The molecular formula is C6H16NO6S2+. The molecule has 9 heteroatoms. The van der Waals surface area contributed by atoms with Crippen molar-refractivity contribution in [1.82, 2.24) is 0 Å². The van der Waals surface area contributed by atoms with Crippen LogP contribution in [0.1, 0.15) is 0 Å². The van der Waals surface area contributed by atoms with E-state index in [-0.39, 0.29) is 11.0 Å². The molecule has 0 radical (unpaired) electrons.